The molecule has 104 valence electrons. The molecule has 1 N–H and O–H groups in total. The molecule has 0 saturated heterocycles. The van der Waals surface area contributed by atoms with E-state index in [1.807, 2.05) is 12.1 Å². The highest BCUT2D eigenvalue weighted by Gasteiger charge is 2.17. The summed E-state index contributed by atoms with van der Waals surface area (Å²) in [5, 5.41) is 19.7. The van der Waals surface area contributed by atoms with E-state index in [0.29, 0.717) is 0 Å². The Morgan fingerprint density at radius 1 is 1.40 bits per heavy atom. The fraction of sp³-hybridized carbons (Fsp3) is 0.0833. The van der Waals surface area contributed by atoms with Gasteiger partial charge in [0.05, 0.1) is 8.71 Å². The van der Waals surface area contributed by atoms with Crippen molar-refractivity contribution in [3.05, 3.63) is 54.7 Å². The highest BCUT2D eigenvalue weighted by Crippen LogP contribution is 2.27. The first-order valence-corrected chi connectivity index (χ1v) is 6.97. The van der Waals surface area contributed by atoms with Crippen LogP contribution in [0.4, 0.5) is 5.69 Å². The number of aromatic carboxylic acids is 1. The van der Waals surface area contributed by atoms with Crippen molar-refractivity contribution < 1.29 is 19.6 Å². The largest absolute Gasteiger partial charge is 0.487 e. The van der Waals surface area contributed by atoms with Crippen LogP contribution in [0.2, 0.25) is 0 Å². The number of hydrogen-bond donors (Lipinski definition) is 1. The summed E-state index contributed by atoms with van der Waals surface area (Å²) in [6.07, 6.45) is 0. The number of thiophene rings is 1. The molecule has 0 saturated carbocycles. The van der Waals surface area contributed by atoms with Gasteiger partial charge in [-0.25, -0.2) is 4.79 Å². The molecule has 8 heteroatoms. The third-order valence-electron chi connectivity index (χ3n) is 2.40. The lowest BCUT2D eigenvalue weighted by Crippen LogP contribution is -2.04. The molecule has 0 fully saturated rings. The van der Waals surface area contributed by atoms with Gasteiger partial charge in [0.1, 0.15) is 17.9 Å². The second kappa shape index (κ2) is 6.02. The molecule has 1 heterocycles. The van der Waals surface area contributed by atoms with Crippen LogP contribution >= 0.6 is 27.3 Å². The molecule has 1 aromatic carbocycles. The van der Waals surface area contributed by atoms with Crippen LogP contribution in [0, 0.1) is 10.1 Å². The Labute approximate surface area is 125 Å². The Bertz CT molecular complexity index is 670. The summed E-state index contributed by atoms with van der Waals surface area (Å²) in [6.45, 7) is 0.203. The summed E-state index contributed by atoms with van der Waals surface area (Å²) in [5.41, 5.74) is -0.511. The van der Waals surface area contributed by atoms with E-state index < -0.39 is 10.9 Å². The van der Waals surface area contributed by atoms with Crippen LogP contribution in [0.15, 0.2) is 34.1 Å². The number of benzene rings is 1. The molecule has 0 spiro atoms. The summed E-state index contributed by atoms with van der Waals surface area (Å²) >= 11 is 4.78. The molecule has 20 heavy (non-hydrogen) atoms. The number of hydrogen-bond acceptors (Lipinski definition) is 5. The van der Waals surface area contributed by atoms with Gasteiger partial charge in [0.25, 0.3) is 5.69 Å². The van der Waals surface area contributed by atoms with Crippen LogP contribution in [0.3, 0.4) is 0 Å². The maximum absolute atomic E-state index is 11.1. The van der Waals surface area contributed by atoms with E-state index in [0.717, 1.165) is 14.7 Å². The van der Waals surface area contributed by atoms with Crippen molar-refractivity contribution in [2.45, 2.75) is 6.61 Å². The molecule has 2 aromatic rings. The zero-order valence-electron chi connectivity index (χ0n) is 9.91. The molecular formula is C12H8BrNO5S. The molecule has 6 nitrogen and oxygen atoms in total. The smallest absolute Gasteiger partial charge is 0.339 e. The summed E-state index contributed by atoms with van der Waals surface area (Å²) in [4.78, 5) is 22.0. The minimum Gasteiger partial charge on any atom is -0.487 e. The average molecular weight is 358 g/mol. The standard InChI is InChI=1S/C12H8BrNO5S/c13-11-4-2-8(20-11)6-19-10-3-1-7(14(17)18)5-9(10)12(15)16/h1-5H,6H2,(H,15,16). The highest BCUT2D eigenvalue weighted by atomic mass is 79.9. The molecule has 0 aliphatic carbocycles. The number of carboxylic acids is 1. The van der Waals surface area contributed by atoms with Gasteiger partial charge < -0.3 is 9.84 Å². The second-order valence-electron chi connectivity index (χ2n) is 3.74. The minimum atomic E-state index is -1.27. The summed E-state index contributed by atoms with van der Waals surface area (Å²) in [5.74, 6) is -1.16. The summed E-state index contributed by atoms with van der Waals surface area (Å²) in [7, 11) is 0. The van der Waals surface area contributed by atoms with E-state index in [-0.39, 0.29) is 23.6 Å². The Hall–Kier alpha value is -1.93. The van der Waals surface area contributed by atoms with Gasteiger partial charge in [-0.2, -0.15) is 0 Å². The van der Waals surface area contributed by atoms with Gasteiger partial charge in [0.15, 0.2) is 0 Å². The molecule has 1 aromatic heterocycles. The van der Waals surface area contributed by atoms with E-state index in [2.05, 4.69) is 15.9 Å². The number of rotatable bonds is 5. The quantitative estimate of drug-likeness (QED) is 0.650. The molecule has 0 unspecified atom stereocenters. The topological polar surface area (TPSA) is 89.7 Å². The Kier molecular flexibility index (Phi) is 4.35. The van der Waals surface area contributed by atoms with E-state index in [9.17, 15) is 14.9 Å². The van der Waals surface area contributed by atoms with Crippen molar-refractivity contribution in [3.8, 4) is 5.75 Å². The summed E-state index contributed by atoms with van der Waals surface area (Å²) in [6, 6.07) is 7.20. The number of carbonyl (C=O) groups is 1. The van der Waals surface area contributed by atoms with Crippen LogP contribution in [0.1, 0.15) is 15.2 Å². The second-order valence-corrected chi connectivity index (χ2v) is 6.28. The number of nitro groups is 1. The number of nitro benzene ring substituents is 1. The normalized spacial score (nSPS) is 10.2. The average Bonchev–Trinajstić information content (AvgIpc) is 2.81. The Balaban J connectivity index is 2.22. The van der Waals surface area contributed by atoms with Crippen molar-refractivity contribution in [2.75, 3.05) is 0 Å². The van der Waals surface area contributed by atoms with Gasteiger partial charge in [-0.15, -0.1) is 11.3 Å². The number of nitrogens with zero attached hydrogens (tertiary/aromatic N) is 1. The van der Waals surface area contributed by atoms with E-state index in [4.69, 9.17) is 9.84 Å². The van der Waals surface area contributed by atoms with Crippen LogP contribution in [-0.4, -0.2) is 16.0 Å². The van der Waals surface area contributed by atoms with Crippen molar-refractivity contribution in [1.29, 1.82) is 0 Å². The van der Waals surface area contributed by atoms with Gasteiger partial charge in [0.2, 0.25) is 0 Å². The third-order valence-corrected chi connectivity index (χ3v) is 4.00. The molecule has 0 atom stereocenters. The molecular weight excluding hydrogens is 350 g/mol. The lowest BCUT2D eigenvalue weighted by atomic mass is 10.2. The number of non-ortho nitro benzene ring substituents is 1. The molecule has 0 bridgehead atoms. The molecule has 0 aliphatic rings. The zero-order chi connectivity index (χ0) is 14.7. The monoisotopic (exact) mass is 357 g/mol. The maximum atomic E-state index is 11.1. The molecule has 2 rings (SSSR count). The van der Waals surface area contributed by atoms with E-state index >= 15 is 0 Å². The van der Waals surface area contributed by atoms with Gasteiger partial charge in [0, 0.05) is 17.0 Å². The van der Waals surface area contributed by atoms with Crippen molar-refractivity contribution in [1.82, 2.24) is 0 Å². The first kappa shape index (κ1) is 14.5. The molecule has 0 radical (unpaired) electrons. The van der Waals surface area contributed by atoms with E-state index in [1.165, 1.54) is 23.5 Å². The van der Waals surface area contributed by atoms with Crippen molar-refractivity contribution in [2.24, 2.45) is 0 Å². The molecule has 0 amide bonds. The van der Waals surface area contributed by atoms with Crippen LogP contribution in [-0.2, 0) is 6.61 Å². The fourth-order valence-electron chi connectivity index (χ4n) is 1.50. The molecule has 0 aliphatic heterocycles. The predicted octanol–water partition coefficient (Wildman–Crippen LogP) is 3.70. The maximum Gasteiger partial charge on any atom is 0.339 e. The van der Waals surface area contributed by atoms with Gasteiger partial charge >= 0.3 is 5.97 Å². The third kappa shape index (κ3) is 3.34. The van der Waals surface area contributed by atoms with Gasteiger partial charge in [-0.1, -0.05) is 0 Å². The minimum absolute atomic E-state index is 0.104. The van der Waals surface area contributed by atoms with Crippen molar-refractivity contribution in [3.63, 3.8) is 0 Å². The van der Waals surface area contributed by atoms with Gasteiger partial charge in [-0.3, -0.25) is 10.1 Å². The summed E-state index contributed by atoms with van der Waals surface area (Å²) < 4.78 is 6.36. The van der Waals surface area contributed by atoms with Crippen LogP contribution in [0.5, 0.6) is 5.75 Å². The lowest BCUT2D eigenvalue weighted by molar-refractivity contribution is -0.384. The number of ether oxygens (including phenoxy) is 1. The Morgan fingerprint density at radius 2 is 2.15 bits per heavy atom. The first-order valence-electron chi connectivity index (χ1n) is 5.36. The van der Waals surface area contributed by atoms with Gasteiger partial charge in [-0.05, 0) is 34.1 Å². The van der Waals surface area contributed by atoms with Crippen molar-refractivity contribution >= 4 is 38.9 Å². The van der Waals surface area contributed by atoms with Crippen LogP contribution < -0.4 is 4.74 Å². The Morgan fingerprint density at radius 3 is 2.70 bits per heavy atom. The fourth-order valence-corrected chi connectivity index (χ4v) is 2.90. The van der Waals surface area contributed by atoms with E-state index in [1.54, 1.807) is 0 Å². The van der Waals surface area contributed by atoms with Crippen LogP contribution in [0.25, 0.3) is 0 Å². The SMILES string of the molecule is O=C(O)c1cc([N+](=O)[O-])ccc1OCc1ccc(Br)s1. The predicted molar refractivity (Wildman–Crippen MR) is 76.4 cm³/mol. The lowest BCUT2D eigenvalue weighted by Gasteiger charge is -2.07. The zero-order valence-corrected chi connectivity index (χ0v) is 12.3. The number of halogens is 1. The highest BCUT2D eigenvalue weighted by molar-refractivity contribution is 9.11. The first-order chi connectivity index (χ1) is 9.47. The number of carboxylic acid groups (broad SMARTS) is 1.